The predicted octanol–water partition coefficient (Wildman–Crippen LogP) is 2.54. The van der Waals surface area contributed by atoms with Gasteiger partial charge in [0.05, 0.1) is 0 Å². The van der Waals surface area contributed by atoms with E-state index in [9.17, 15) is 4.79 Å². The summed E-state index contributed by atoms with van der Waals surface area (Å²) in [6, 6.07) is 8.04. The normalized spacial score (nSPS) is 20.2. The molecular weight excluding hydrogens is 322 g/mol. The highest BCUT2D eigenvalue weighted by Gasteiger charge is 2.28. The fourth-order valence-electron chi connectivity index (χ4n) is 2.72. The van der Waals surface area contributed by atoms with Crippen LogP contribution in [-0.2, 0) is 11.8 Å². The first-order valence-corrected chi connectivity index (χ1v) is 9.04. The molecule has 6 nitrogen and oxygen atoms in total. The molecule has 0 bridgehead atoms. The lowest BCUT2D eigenvalue weighted by atomic mass is 10.1. The number of aromatic nitrogens is 2. The first kappa shape index (κ1) is 17.0. The number of anilines is 1. The van der Waals surface area contributed by atoms with Gasteiger partial charge >= 0.3 is 0 Å². The molecule has 2 aromatic rings. The van der Waals surface area contributed by atoms with Crippen molar-refractivity contribution in [2.45, 2.75) is 48.3 Å². The van der Waals surface area contributed by atoms with Gasteiger partial charge in [0.1, 0.15) is 6.04 Å². The van der Waals surface area contributed by atoms with E-state index in [1.54, 1.807) is 18.0 Å². The van der Waals surface area contributed by atoms with Crippen LogP contribution in [0.1, 0.15) is 26.2 Å². The topological polar surface area (TPSA) is 71.0 Å². The Bertz CT molecular complexity index is 685. The SMILES string of the molecule is CCCC1CC(C(=O)Nc2ccc(Sc3nccn3C)cc2)NN1. The second kappa shape index (κ2) is 7.83. The van der Waals surface area contributed by atoms with Gasteiger partial charge < -0.3 is 9.88 Å². The number of hydrogen-bond acceptors (Lipinski definition) is 5. The molecule has 1 fully saturated rings. The molecule has 1 aromatic heterocycles. The second-order valence-electron chi connectivity index (χ2n) is 6.00. The molecule has 1 aromatic carbocycles. The molecule has 0 aliphatic carbocycles. The summed E-state index contributed by atoms with van der Waals surface area (Å²) >= 11 is 1.60. The minimum Gasteiger partial charge on any atom is -0.329 e. The average Bonchev–Trinajstić information content (AvgIpc) is 3.20. The molecule has 0 saturated carbocycles. The molecule has 3 rings (SSSR count). The summed E-state index contributed by atoms with van der Waals surface area (Å²) in [4.78, 5) is 17.7. The van der Waals surface area contributed by atoms with Crippen LogP contribution >= 0.6 is 11.8 Å². The van der Waals surface area contributed by atoms with E-state index in [1.165, 1.54) is 0 Å². The van der Waals surface area contributed by atoms with E-state index >= 15 is 0 Å². The van der Waals surface area contributed by atoms with Gasteiger partial charge in [-0.2, -0.15) is 0 Å². The zero-order chi connectivity index (χ0) is 16.9. The van der Waals surface area contributed by atoms with Crippen LogP contribution in [0, 0.1) is 0 Å². The summed E-state index contributed by atoms with van der Waals surface area (Å²) in [6.07, 6.45) is 6.72. The number of carbonyl (C=O) groups is 1. The van der Waals surface area contributed by atoms with Crippen molar-refractivity contribution >= 4 is 23.4 Å². The zero-order valence-corrected chi connectivity index (χ0v) is 14.8. The third-order valence-corrected chi connectivity index (χ3v) is 5.13. The largest absolute Gasteiger partial charge is 0.329 e. The number of benzene rings is 1. The van der Waals surface area contributed by atoms with Crippen LogP contribution in [0.4, 0.5) is 5.69 Å². The average molecular weight is 345 g/mol. The number of nitrogens with zero attached hydrogens (tertiary/aromatic N) is 2. The number of hydrogen-bond donors (Lipinski definition) is 3. The van der Waals surface area contributed by atoms with Crippen LogP contribution in [0.3, 0.4) is 0 Å². The van der Waals surface area contributed by atoms with Crippen molar-refractivity contribution < 1.29 is 4.79 Å². The molecule has 128 valence electrons. The number of aryl methyl sites for hydroxylation is 1. The molecule has 1 aliphatic rings. The van der Waals surface area contributed by atoms with Gasteiger partial charge in [0.25, 0.3) is 0 Å². The fourth-order valence-corrected chi connectivity index (χ4v) is 3.52. The van der Waals surface area contributed by atoms with E-state index in [2.05, 4.69) is 28.1 Å². The second-order valence-corrected chi connectivity index (χ2v) is 7.04. The quantitative estimate of drug-likeness (QED) is 0.750. The number of carbonyl (C=O) groups excluding carboxylic acids is 1. The molecule has 2 atom stereocenters. The van der Waals surface area contributed by atoms with Gasteiger partial charge in [0, 0.05) is 36.1 Å². The van der Waals surface area contributed by atoms with E-state index in [0.717, 1.165) is 35.0 Å². The maximum absolute atomic E-state index is 12.3. The van der Waals surface area contributed by atoms with E-state index in [4.69, 9.17) is 0 Å². The van der Waals surface area contributed by atoms with Gasteiger partial charge in [-0.15, -0.1) is 0 Å². The Morgan fingerprint density at radius 2 is 2.17 bits per heavy atom. The Morgan fingerprint density at radius 3 is 2.83 bits per heavy atom. The van der Waals surface area contributed by atoms with E-state index in [0.29, 0.717) is 6.04 Å². The van der Waals surface area contributed by atoms with Crippen LogP contribution in [0.25, 0.3) is 0 Å². The van der Waals surface area contributed by atoms with Crippen molar-refractivity contribution in [3.63, 3.8) is 0 Å². The summed E-state index contributed by atoms with van der Waals surface area (Å²) < 4.78 is 1.98. The Labute approximate surface area is 146 Å². The lowest BCUT2D eigenvalue weighted by molar-refractivity contribution is -0.117. The summed E-state index contributed by atoms with van der Waals surface area (Å²) in [6.45, 7) is 2.15. The van der Waals surface area contributed by atoms with Gasteiger partial charge in [-0.25, -0.2) is 10.4 Å². The first-order chi connectivity index (χ1) is 11.7. The smallest absolute Gasteiger partial charge is 0.242 e. The Morgan fingerprint density at radius 1 is 1.38 bits per heavy atom. The summed E-state index contributed by atoms with van der Waals surface area (Å²) in [5, 5.41) is 3.91. The van der Waals surface area contributed by atoms with E-state index < -0.39 is 0 Å². The molecule has 1 aliphatic heterocycles. The fraction of sp³-hybridized carbons (Fsp3) is 0.412. The molecule has 3 N–H and O–H groups in total. The van der Waals surface area contributed by atoms with E-state index in [1.807, 2.05) is 42.1 Å². The summed E-state index contributed by atoms with van der Waals surface area (Å²) in [7, 11) is 1.97. The molecule has 2 heterocycles. The highest BCUT2D eigenvalue weighted by molar-refractivity contribution is 7.99. The van der Waals surface area contributed by atoms with Crippen molar-refractivity contribution in [3.8, 4) is 0 Å². The molecule has 24 heavy (non-hydrogen) atoms. The molecule has 7 heteroatoms. The number of rotatable bonds is 6. The van der Waals surface area contributed by atoms with Crippen LogP contribution in [0.5, 0.6) is 0 Å². The lowest BCUT2D eigenvalue weighted by Gasteiger charge is -2.11. The van der Waals surface area contributed by atoms with Crippen molar-refractivity contribution in [1.29, 1.82) is 0 Å². The van der Waals surface area contributed by atoms with Crippen molar-refractivity contribution in [1.82, 2.24) is 20.4 Å². The lowest BCUT2D eigenvalue weighted by Crippen LogP contribution is -2.40. The van der Waals surface area contributed by atoms with Crippen LogP contribution in [0.2, 0.25) is 0 Å². The monoisotopic (exact) mass is 345 g/mol. The van der Waals surface area contributed by atoms with Crippen molar-refractivity contribution in [2.75, 3.05) is 5.32 Å². The molecular formula is C17H23N5OS. The molecule has 1 saturated heterocycles. The van der Waals surface area contributed by atoms with Crippen molar-refractivity contribution in [3.05, 3.63) is 36.7 Å². The minimum atomic E-state index is -0.178. The molecule has 2 unspecified atom stereocenters. The van der Waals surface area contributed by atoms with Crippen molar-refractivity contribution in [2.24, 2.45) is 7.05 Å². The first-order valence-electron chi connectivity index (χ1n) is 8.23. The van der Waals surface area contributed by atoms with Gasteiger partial charge in [0.2, 0.25) is 5.91 Å². The molecule has 1 amide bonds. The Hall–Kier alpha value is -1.83. The predicted molar refractivity (Wildman–Crippen MR) is 95.8 cm³/mol. The summed E-state index contributed by atoms with van der Waals surface area (Å²) in [5.74, 6) is 0.00519. The number of nitrogens with one attached hydrogen (secondary N) is 3. The van der Waals surface area contributed by atoms with Crippen LogP contribution < -0.4 is 16.2 Å². The highest BCUT2D eigenvalue weighted by Crippen LogP contribution is 2.26. The third-order valence-electron chi connectivity index (χ3n) is 4.04. The highest BCUT2D eigenvalue weighted by atomic mass is 32.2. The van der Waals surface area contributed by atoms with Gasteiger partial charge in [0.15, 0.2) is 5.16 Å². The molecule has 0 radical (unpaired) electrons. The third kappa shape index (κ3) is 4.17. The number of hydrazine groups is 1. The number of amides is 1. The van der Waals surface area contributed by atoms with Crippen LogP contribution in [-0.4, -0.2) is 27.5 Å². The van der Waals surface area contributed by atoms with Gasteiger partial charge in [-0.1, -0.05) is 25.1 Å². The minimum absolute atomic E-state index is 0.00519. The van der Waals surface area contributed by atoms with Gasteiger partial charge in [-0.05, 0) is 37.1 Å². The zero-order valence-electron chi connectivity index (χ0n) is 14.0. The molecule has 0 spiro atoms. The maximum atomic E-state index is 12.3. The Balaban J connectivity index is 1.54. The van der Waals surface area contributed by atoms with Crippen LogP contribution in [0.15, 0.2) is 46.7 Å². The maximum Gasteiger partial charge on any atom is 0.242 e. The van der Waals surface area contributed by atoms with Gasteiger partial charge in [-0.3, -0.25) is 10.2 Å². The standard InChI is InChI=1S/C17H23N5OS/c1-3-4-13-11-15(21-20-13)16(23)19-12-5-7-14(8-6-12)24-17-18-9-10-22(17)2/h5-10,13,15,20-21H,3-4,11H2,1-2H3,(H,19,23). The Kier molecular flexibility index (Phi) is 5.55. The van der Waals surface area contributed by atoms with E-state index in [-0.39, 0.29) is 11.9 Å². The summed E-state index contributed by atoms with van der Waals surface area (Å²) in [5.41, 5.74) is 7.08. The number of imidazole rings is 1.